The van der Waals surface area contributed by atoms with E-state index < -0.39 is 14.6 Å². The molecule has 142 valence electrons. The van der Waals surface area contributed by atoms with Crippen LogP contribution in [0.15, 0.2) is 29.3 Å². The molecule has 2 N–H and O–H groups in total. The van der Waals surface area contributed by atoms with Crippen molar-refractivity contribution in [3.8, 4) is 0 Å². The molecule has 0 spiro atoms. The molecule has 0 saturated carbocycles. The van der Waals surface area contributed by atoms with E-state index >= 15 is 0 Å². The number of hydrogen-bond donors (Lipinski definition) is 2. The second kappa shape index (κ2) is 9.22. The second-order valence-corrected chi connectivity index (χ2v) is 10.0. The van der Waals surface area contributed by atoms with E-state index in [-0.39, 0.29) is 0 Å². The van der Waals surface area contributed by atoms with Crippen molar-refractivity contribution in [2.75, 3.05) is 26.4 Å². The minimum absolute atomic E-state index is 0.322. The summed E-state index contributed by atoms with van der Waals surface area (Å²) in [6.45, 7) is 8.92. The van der Waals surface area contributed by atoms with Crippen LogP contribution in [0.3, 0.4) is 0 Å². The highest BCUT2D eigenvalue weighted by molar-refractivity contribution is 7.92. The summed E-state index contributed by atoms with van der Waals surface area (Å²) < 4.78 is 22.6. The Morgan fingerprint density at radius 3 is 2.24 bits per heavy atom. The molecule has 0 heterocycles. The zero-order chi connectivity index (χ0) is 19.1. The van der Waals surface area contributed by atoms with Crippen molar-refractivity contribution in [1.29, 1.82) is 0 Å². The number of rotatable bonds is 8. The van der Waals surface area contributed by atoms with Crippen LogP contribution in [0.25, 0.3) is 0 Å². The Hall–Kier alpha value is -1.56. The normalized spacial score (nSPS) is 13.2. The van der Waals surface area contributed by atoms with Gasteiger partial charge in [-0.05, 0) is 43.7 Å². The first-order valence-corrected chi connectivity index (χ1v) is 10.7. The minimum Gasteiger partial charge on any atom is -0.356 e. The first kappa shape index (κ1) is 21.5. The van der Waals surface area contributed by atoms with Crippen molar-refractivity contribution < 1.29 is 8.42 Å². The van der Waals surface area contributed by atoms with Crippen LogP contribution in [-0.4, -0.2) is 45.5 Å². The van der Waals surface area contributed by atoms with Gasteiger partial charge in [0.15, 0.2) is 15.8 Å². The fraction of sp³-hybridized carbons (Fsp3) is 0.632. The Kier molecular flexibility index (Phi) is 7.93. The highest BCUT2D eigenvalue weighted by atomic mass is 32.2. The van der Waals surface area contributed by atoms with E-state index in [1.165, 1.54) is 17.4 Å². The van der Waals surface area contributed by atoms with Gasteiger partial charge in [-0.3, -0.25) is 4.99 Å². The van der Waals surface area contributed by atoms with Gasteiger partial charge in [-0.25, -0.2) is 8.42 Å². The Balaban J connectivity index is 2.38. The summed E-state index contributed by atoms with van der Waals surface area (Å²) in [7, 11) is -1.43. The number of aryl methyl sites for hydroxylation is 1. The summed E-state index contributed by atoms with van der Waals surface area (Å²) in [5.74, 6) is 1.19. The average molecular weight is 368 g/mol. The second-order valence-electron chi connectivity index (χ2n) is 7.38. The molecule has 0 unspecified atom stereocenters. The van der Waals surface area contributed by atoms with Crippen LogP contribution in [0, 0.1) is 0 Å². The number of aliphatic imine (C=N–C) groups is 1. The molecule has 0 radical (unpaired) electrons. The zero-order valence-corrected chi connectivity index (χ0v) is 17.2. The maximum absolute atomic E-state index is 11.7. The zero-order valence-electron chi connectivity index (χ0n) is 16.4. The van der Waals surface area contributed by atoms with Crippen molar-refractivity contribution in [2.45, 2.75) is 51.2 Å². The minimum atomic E-state index is -3.12. The third-order valence-corrected chi connectivity index (χ3v) is 6.64. The van der Waals surface area contributed by atoms with Gasteiger partial charge in [-0.1, -0.05) is 38.1 Å². The van der Waals surface area contributed by atoms with Crippen LogP contribution < -0.4 is 10.6 Å². The predicted octanol–water partition coefficient (Wildman–Crippen LogP) is 2.73. The van der Waals surface area contributed by atoms with E-state index in [0.717, 1.165) is 19.4 Å². The largest absolute Gasteiger partial charge is 0.356 e. The number of nitrogens with zero attached hydrogens (tertiary/aromatic N) is 1. The molecule has 0 fully saturated rings. The fourth-order valence-electron chi connectivity index (χ4n) is 2.22. The fourth-order valence-corrected chi connectivity index (χ4v) is 2.55. The summed E-state index contributed by atoms with van der Waals surface area (Å²) in [6.07, 6.45) is 3.24. The molecule has 0 aliphatic carbocycles. The van der Waals surface area contributed by atoms with Crippen LogP contribution >= 0.6 is 0 Å². The molecule has 0 amide bonds. The Morgan fingerprint density at radius 2 is 1.76 bits per heavy atom. The molecule has 0 bridgehead atoms. The van der Waals surface area contributed by atoms with Gasteiger partial charge in [-0.15, -0.1) is 0 Å². The van der Waals surface area contributed by atoms with Crippen LogP contribution in [0.2, 0.25) is 0 Å². The van der Waals surface area contributed by atoms with Gasteiger partial charge >= 0.3 is 0 Å². The van der Waals surface area contributed by atoms with Crippen molar-refractivity contribution >= 4 is 15.8 Å². The van der Waals surface area contributed by atoms with Crippen LogP contribution in [0.5, 0.6) is 0 Å². The van der Waals surface area contributed by atoms with Crippen LogP contribution in [0.1, 0.15) is 51.2 Å². The van der Waals surface area contributed by atoms with Gasteiger partial charge in [0.25, 0.3) is 0 Å². The van der Waals surface area contributed by atoms with Gasteiger partial charge in [0.2, 0.25) is 0 Å². The summed E-state index contributed by atoms with van der Waals surface area (Å²) in [5, 5.41) is 6.33. The lowest BCUT2D eigenvalue weighted by atomic mass is 10.0. The molecular weight excluding hydrogens is 334 g/mol. The van der Waals surface area contributed by atoms with Gasteiger partial charge in [0.05, 0.1) is 4.75 Å². The molecule has 5 nitrogen and oxygen atoms in total. The Bertz CT molecular complexity index is 662. The highest BCUT2D eigenvalue weighted by Gasteiger charge is 2.30. The van der Waals surface area contributed by atoms with Crippen molar-refractivity contribution in [3.63, 3.8) is 0 Å². The van der Waals surface area contributed by atoms with E-state index in [1.807, 2.05) is 0 Å². The summed E-state index contributed by atoms with van der Waals surface area (Å²) >= 11 is 0. The molecule has 6 heteroatoms. The molecular formula is C19H33N3O2S. The molecule has 0 saturated heterocycles. The quantitative estimate of drug-likeness (QED) is 0.421. The topological polar surface area (TPSA) is 70.6 Å². The predicted molar refractivity (Wildman–Crippen MR) is 107 cm³/mol. The smallest absolute Gasteiger partial charge is 0.191 e. The lowest BCUT2D eigenvalue weighted by Gasteiger charge is -2.24. The van der Waals surface area contributed by atoms with Gasteiger partial charge < -0.3 is 10.6 Å². The number of hydrogen-bond acceptors (Lipinski definition) is 3. The summed E-state index contributed by atoms with van der Waals surface area (Å²) in [4.78, 5) is 4.15. The maximum atomic E-state index is 11.7. The number of guanidine groups is 1. The van der Waals surface area contributed by atoms with Crippen LogP contribution in [-0.2, 0) is 16.3 Å². The molecule has 1 rings (SSSR count). The first-order chi connectivity index (χ1) is 11.6. The molecule has 1 aromatic carbocycles. The average Bonchev–Trinajstić information content (AvgIpc) is 2.53. The van der Waals surface area contributed by atoms with E-state index in [0.29, 0.717) is 18.4 Å². The lowest BCUT2D eigenvalue weighted by molar-refractivity contribution is 0.544. The molecule has 0 aromatic heterocycles. The van der Waals surface area contributed by atoms with Gasteiger partial charge in [-0.2, -0.15) is 0 Å². The highest BCUT2D eigenvalue weighted by Crippen LogP contribution is 2.15. The van der Waals surface area contributed by atoms with E-state index in [4.69, 9.17) is 0 Å². The van der Waals surface area contributed by atoms with Crippen molar-refractivity contribution in [3.05, 3.63) is 35.4 Å². The Morgan fingerprint density at radius 1 is 1.16 bits per heavy atom. The van der Waals surface area contributed by atoms with E-state index in [1.54, 1.807) is 20.9 Å². The van der Waals surface area contributed by atoms with Crippen molar-refractivity contribution in [1.82, 2.24) is 10.6 Å². The third kappa shape index (κ3) is 7.06. The third-order valence-electron chi connectivity index (χ3n) is 4.49. The Labute approximate surface area is 153 Å². The molecule has 25 heavy (non-hydrogen) atoms. The molecule has 0 aliphatic heterocycles. The van der Waals surface area contributed by atoms with E-state index in [2.05, 4.69) is 53.7 Å². The summed E-state index contributed by atoms with van der Waals surface area (Å²) in [5.41, 5.74) is 2.69. The first-order valence-electron chi connectivity index (χ1n) is 8.80. The number of benzene rings is 1. The number of nitrogens with one attached hydrogen (secondary N) is 2. The number of sulfone groups is 1. The standard InChI is InChI=1S/C19H33N3O2S/c1-15(2)17-11-9-16(10-12-17)8-7-13-21-18(20-5)22-14-19(3,4)25(6,23)24/h9-12,15H,7-8,13-14H2,1-6H3,(H2,20,21,22). The molecule has 0 atom stereocenters. The summed E-state index contributed by atoms with van der Waals surface area (Å²) in [6, 6.07) is 8.77. The van der Waals surface area contributed by atoms with E-state index in [9.17, 15) is 8.42 Å². The monoisotopic (exact) mass is 367 g/mol. The van der Waals surface area contributed by atoms with Crippen LogP contribution in [0.4, 0.5) is 0 Å². The lowest BCUT2D eigenvalue weighted by Crippen LogP contribution is -2.47. The molecule has 0 aliphatic rings. The van der Waals surface area contributed by atoms with Gasteiger partial charge in [0.1, 0.15) is 0 Å². The van der Waals surface area contributed by atoms with Gasteiger partial charge in [0, 0.05) is 26.4 Å². The molecule has 1 aromatic rings. The SMILES string of the molecule is CN=C(NCCCc1ccc(C(C)C)cc1)NCC(C)(C)S(C)(=O)=O. The maximum Gasteiger partial charge on any atom is 0.191 e. The van der Waals surface area contributed by atoms with Crippen molar-refractivity contribution in [2.24, 2.45) is 4.99 Å².